The highest BCUT2D eigenvalue weighted by molar-refractivity contribution is 5.85. The summed E-state index contributed by atoms with van der Waals surface area (Å²) in [7, 11) is 1.75. The zero-order valence-electron chi connectivity index (χ0n) is 12.2. The van der Waals surface area contributed by atoms with Crippen molar-refractivity contribution in [2.75, 3.05) is 33.4 Å². The Morgan fingerprint density at radius 2 is 2.38 bits per heavy atom. The number of hydrogen-bond donors (Lipinski definition) is 1. The molecule has 0 bridgehead atoms. The molecule has 0 radical (unpaired) electrons. The van der Waals surface area contributed by atoms with Crippen LogP contribution in [-0.2, 0) is 9.53 Å². The summed E-state index contributed by atoms with van der Waals surface area (Å²) < 4.78 is 11.1. The van der Waals surface area contributed by atoms with Gasteiger partial charge in [-0.3, -0.25) is 4.90 Å². The van der Waals surface area contributed by atoms with Gasteiger partial charge in [0.15, 0.2) is 0 Å². The summed E-state index contributed by atoms with van der Waals surface area (Å²) in [6.45, 7) is 3.49. The molecule has 2 rings (SSSR count). The Labute approximate surface area is 124 Å². The van der Waals surface area contributed by atoms with Crippen LogP contribution < -0.4 is 4.74 Å². The minimum atomic E-state index is -0.956. The molecule has 0 aromatic heterocycles. The van der Waals surface area contributed by atoms with Crippen LogP contribution in [0.3, 0.4) is 0 Å². The van der Waals surface area contributed by atoms with Crippen molar-refractivity contribution in [3.8, 4) is 5.75 Å². The zero-order chi connectivity index (χ0) is 15.1. The second-order valence-corrected chi connectivity index (χ2v) is 5.04. The van der Waals surface area contributed by atoms with Gasteiger partial charge in [-0.1, -0.05) is 12.1 Å². The first-order valence-corrected chi connectivity index (χ1v) is 7.06. The molecule has 1 heterocycles. The third-order valence-corrected chi connectivity index (χ3v) is 3.52. The molecule has 5 nitrogen and oxygen atoms in total. The normalized spacial score (nSPS) is 19.2. The molecule has 0 spiro atoms. The highest BCUT2D eigenvalue weighted by atomic mass is 16.5. The molecule has 0 saturated carbocycles. The lowest BCUT2D eigenvalue weighted by atomic mass is 10.2. The lowest BCUT2D eigenvalue weighted by molar-refractivity contribution is -0.131. The largest absolute Gasteiger partial charge is 0.492 e. The number of ether oxygens (including phenoxy) is 2. The number of carboxylic acids is 1. The average molecular weight is 291 g/mol. The topological polar surface area (TPSA) is 59.0 Å². The Hall–Kier alpha value is -1.85. The van der Waals surface area contributed by atoms with Crippen LogP contribution in [0.2, 0.25) is 0 Å². The van der Waals surface area contributed by atoms with E-state index in [1.54, 1.807) is 13.2 Å². The number of hydrogen-bond acceptors (Lipinski definition) is 4. The zero-order valence-corrected chi connectivity index (χ0v) is 12.2. The Morgan fingerprint density at radius 3 is 3.10 bits per heavy atom. The molecule has 1 aliphatic rings. The monoisotopic (exact) mass is 291 g/mol. The third kappa shape index (κ3) is 5.21. The lowest BCUT2D eigenvalue weighted by Gasteiger charge is -2.16. The molecule has 1 saturated heterocycles. The average Bonchev–Trinajstić information content (AvgIpc) is 2.94. The molecule has 0 amide bonds. The molecule has 1 aromatic carbocycles. The van der Waals surface area contributed by atoms with Gasteiger partial charge < -0.3 is 14.6 Å². The van der Waals surface area contributed by atoms with Crippen molar-refractivity contribution in [2.24, 2.45) is 0 Å². The predicted molar refractivity (Wildman–Crippen MR) is 80.5 cm³/mol. The summed E-state index contributed by atoms with van der Waals surface area (Å²) in [4.78, 5) is 12.8. The number of benzene rings is 1. The van der Waals surface area contributed by atoms with E-state index in [9.17, 15) is 4.79 Å². The highest BCUT2D eigenvalue weighted by Gasteiger charge is 2.21. The van der Waals surface area contributed by atoms with E-state index in [1.165, 1.54) is 0 Å². The first kappa shape index (κ1) is 15.5. The van der Waals surface area contributed by atoms with Gasteiger partial charge in [0.1, 0.15) is 12.4 Å². The highest BCUT2D eigenvalue weighted by Crippen LogP contribution is 2.15. The molecule has 21 heavy (non-hydrogen) atoms. The summed E-state index contributed by atoms with van der Waals surface area (Å²) in [5, 5.41) is 8.61. The minimum absolute atomic E-state index is 0.342. The Bertz CT molecular complexity index is 501. The number of likely N-dealkylation sites (tertiary alicyclic amines) is 1. The number of carbonyl (C=O) groups is 1. The van der Waals surface area contributed by atoms with Gasteiger partial charge in [-0.2, -0.15) is 0 Å². The lowest BCUT2D eigenvalue weighted by Crippen LogP contribution is -2.27. The van der Waals surface area contributed by atoms with Crippen molar-refractivity contribution in [3.63, 3.8) is 0 Å². The molecule has 1 aromatic rings. The van der Waals surface area contributed by atoms with E-state index in [4.69, 9.17) is 14.6 Å². The fraction of sp³-hybridized carbons (Fsp3) is 0.438. The quantitative estimate of drug-likeness (QED) is 0.777. The molecule has 1 fully saturated rings. The van der Waals surface area contributed by atoms with Crippen LogP contribution in [0.5, 0.6) is 5.75 Å². The second-order valence-electron chi connectivity index (χ2n) is 5.04. The number of aliphatic carboxylic acids is 1. The third-order valence-electron chi connectivity index (χ3n) is 3.52. The van der Waals surface area contributed by atoms with Crippen LogP contribution in [0, 0.1) is 0 Å². The van der Waals surface area contributed by atoms with Gasteiger partial charge in [0, 0.05) is 32.8 Å². The van der Waals surface area contributed by atoms with Crippen molar-refractivity contribution < 1.29 is 19.4 Å². The van der Waals surface area contributed by atoms with Crippen molar-refractivity contribution in [1.29, 1.82) is 0 Å². The van der Waals surface area contributed by atoms with Gasteiger partial charge in [0.05, 0.1) is 6.10 Å². The van der Waals surface area contributed by atoms with E-state index in [0.717, 1.165) is 43.4 Å². The molecule has 114 valence electrons. The van der Waals surface area contributed by atoms with E-state index >= 15 is 0 Å². The maximum absolute atomic E-state index is 10.5. The molecule has 0 aliphatic carbocycles. The van der Waals surface area contributed by atoms with Crippen LogP contribution in [-0.4, -0.2) is 55.4 Å². The van der Waals surface area contributed by atoms with Crippen molar-refractivity contribution >= 4 is 12.0 Å². The van der Waals surface area contributed by atoms with Gasteiger partial charge >= 0.3 is 5.97 Å². The molecule has 5 heteroatoms. The fourth-order valence-corrected chi connectivity index (χ4v) is 2.36. The van der Waals surface area contributed by atoms with Crippen LogP contribution in [0.4, 0.5) is 0 Å². The van der Waals surface area contributed by atoms with Crippen molar-refractivity contribution in [1.82, 2.24) is 4.90 Å². The summed E-state index contributed by atoms with van der Waals surface area (Å²) in [5.74, 6) is -0.201. The predicted octanol–water partition coefficient (Wildman–Crippen LogP) is 1.88. The van der Waals surface area contributed by atoms with E-state index < -0.39 is 5.97 Å². The van der Waals surface area contributed by atoms with E-state index in [1.807, 2.05) is 24.3 Å². The maximum Gasteiger partial charge on any atom is 0.328 e. The second kappa shape index (κ2) is 7.81. The van der Waals surface area contributed by atoms with E-state index in [0.29, 0.717) is 12.7 Å². The van der Waals surface area contributed by atoms with Crippen LogP contribution in [0.1, 0.15) is 12.0 Å². The standard InChI is InChI=1S/C16H21NO4/c1-20-15-7-8-17(12-15)9-10-21-14-4-2-3-13(11-14)5-6-16(18)19/h2-6,11,15H,7-10,12H2,1H3,(H,18,19)/b6-5+. The number of carboxylic acid groups (broad SMARTS) is 1. The van der Waals surface area contributed by atoms with Crippen LogP contribution in [0.25, 0.3) is 6.08 Å². The molecule has 1 N–H and O–H groups in total. The number of rotatable bonds is 7. The van der Waals surface area contributed by atoms with Gasteiger partial charge in [-0.05, 0) is 30.2 Å². The Balaban J connectivity index is 1.78. The fourth-order valence-electron chi connectivity index (χ4n) is 2.36. The molecule has 1 unspecified atom stereocenters. The number of methoxy groups -OCH3 is 1. The van der Waals surface area contributed by atoms with Crippen LogP contribution >= 0.6 is 0 Å². The van der Waals surface area contributed by atoms with Crippen LogP contribution in [0.15, 0.2) is 30.3 Å². The first-order chi connectivity index (χ1) is 10.2. The van der Waals surface area contributed by atoms with Crippen molar-refractivity contribution in [2.45, 2.75) is 12.5 Å². The smallest absolute Gasteiger partial charge is 0.328 e. The maximum atomic E-state index is 10.5. The van der Waals surface area contributed by atoms with E-state index in [2.05, 4.69) is 4.90 Å². The summed E-state index contributed by atoms with van der Waals surface area (Å²) in [6, 6.07) is 7.41. The molecule has 1 atom stereocenters. The summed E-state index contributed by atoms with van der Waals surface area (Å²) >= 11 is 0. The summed E-state index contributed by atoms with van der Waals surface area (Å²) in [5.41, 5.74) is 0.815. The van der Waals surface area contributed by atoms with E-state index in [-0.39, 0.29) is 0 Å². The summed E-state index contributed by atoms with van der Waals surface area (Å²) in [6.07, 6.45) is 4.09. The minimum Gasteiger partial charge on any atom is -0.492 e. The first-order valence-electron chi connectivity index (χ1n) is 7.06. The Morgan fingerprint density at radius 1 is 1.52 bits per heavy atom. The Kier molecular flexibility index (Phi) is 5.78. The van der Waals surface area contributed by atoms with Gasteiger partial charge in [0.25, 0.3) is 0 Å². The molecular formula is C16H21NO4. The molecule has 1 aliphatic heterocycles. The van der Waals surface area contributed by atoms with Gasteiger partial charge in [-0.15, -0.1) is 0 Å². The number of nitrogens with zero attached hydrogens (tertiary/aromatic N) is 1. The van der Waals surface area contributed by atoms with Gasteiger partial charge in [0.2, 0.25) is 0 Å². The molecular weight excluding hydrogens is 270 g/mol. The van der Waals surface area contributed by atoms with Crippen molar-refractivity contribution in [3.05, 3.63) is 35.9 Å². The van der Waals surface area contributed by atoms with Gasteiger partial charge in [-0.25, -0.2) is 4.79 Å². The SMILES string of the molecule is COC1CCN(CCOc2cccc(/C=C/C(=O)O)c2)C1.